The van der Waals surface area contributed by atoms with Gasteiger partial charge in [0.05, 0.1) is 65.1 Å². The predicted molar refractivity (Wildman–Crippen MR) is 317 cm³/mol. The Kier molecular flexibility index (Phi) is 13.1. The molecule has 6 atom stereocenters. The second-order valence-electron chi connectivity index (χ2n) is 25.1. The summed E-state index contributed by atoms with van der Waals surface area (Å²) in [5.41, 5.74) is 15.6. The Bertz CT molecular complexity index is 3950. The molecular formula is C62H74N12O8. The highest BCUT2D eigenvalue weighted by Crippen LogP contribution is 2.46. The van der Waals surface area contributed by atoms with Crippen LogP contribution in [0, 0.1) is 5.92 Å². The lowest BCUT2D eigenvalue weighted by atomic mass is 9.87. The Labute approximate surface area is 476 Å². The third kappa shape index (κ3) is 9.27. The van der Waals surface area contributed by atoms with E-state index >= 15 is 0 Å². The average molecular weight is 1120 g/mol. The molecule has 4 aromatic carbocycles. The monoisotopic (exact) mass is 1110 g/mol. The largest absolute Gasteiger partial charge is 0.494 e. The number of anilines is 2. The van der Waals surface area contributed by atoms with E-state index in [1.807, 2.05) is 78.1 Å². The highest BCUT2D eigenvalue weighted by atomic mass is 16.6. The number of benzene rings is 4. The molecule has 12 rings (SSSR count). The third-order valence-electron chi connectivity index (χ3n) is 16.7. The lowest BCUT2D eigenvalue weighted by Crippen LogP contribution is -2.48. The SMILES string of the molecule is COc1cc(C(=O)N2CC(N)CC(c3cc4c5c(c3)cc(-c3nc6cc(C(=O)N7CC(C)C(NC(=O)OC(C)(C)C)C7)cc(OC)c6n3C)n5C(C)CN4C(=O)OC(C)(C)C)C2)cc2nc(-c3cc4cccc5c4n3C(C)CN5)n(C)c12. The molecule has 6 unspecified atom stereocenters. The zero-order chi connectivity index (χ0) is 58.2. The number of amides is 4. The number of hydrogen-bond donors (Lipinski definition) is 3. The minimum absolute atomic E-state index is 0.00718. The van der Waals surface area contributed by atoms with E-state index in [1.54, 1.807) is 42.2 Å². The first-order valence-electron chi connectivity index (χ1n) is 28.4. The number of carbonyl (C=O) groups excluding carboxylic acids is 4. The van der Waals surface area contributed by atoms with E-state index < -0.39 is 23.4 Å². The van der Waals surface area contributed by atoms with Crippen molar-refractivity contribution in [2.24, 2.45) is 25.7 Å². The second-order valence-corrected chi connectivity index (χ2v) is 25.1. The number of nitrogens with two attached hydrogens (primary N) is 1. The molecule has 0 bridgehead atoms. The Hall–Kier alpha value is -8.26. The quantitative estimate of drug-likeness (QED) is 0.130. The number of ether oxygens (including phenoxy) is 4. The Morgan fingerprint density at radius 1 is 0.659 bits per heavy atom. The summed E-state index contributed by atoms with van der Waals surface area (Å²) < 4.78 is 32.3. The minimum atomic E-state index is -0.757. The summed E-state index contributed by atoms with van der Waals surface area (Å²) in [5, 5.41) is 8.53. The Morgan fingerprint density at radius 2 is 1.24 bits per heavy atom. The van der Waals surface area contributed by atoms with Crippen molar-refractivity contribution in [1.29, 1.82) is 0 Å². The van der Waals surface area contributed by atoms with Crippen LogP contribution in [-0.2, 0) is 23.6 Å². The maximum Gasteiger partial charge on any atom is 0.414 e. The van der Waals surface area contributed by atoms with Crippen LogP contribution in [0.3, 0.4) is 0 Å². The molecule has 4 N–H and O–H groups in total. The second kappa shape index (κ2) is 19.7. The van der Waals surface area contributed by atoms with Crippen LogP contribution in [0.5, 0.6) is 11.5 Å². The number of nitrogens with zero attached hydrogens (tertiary/aromatic N) is 9. The first-order valence-corrected chi connectivity index (χ1v) is 28.4. The highest BCUT2D eigenvalue weighted by molar-refractivity contribution is 6.06. The van der Waals surface area contributed by atoms with Crippen molar-refractivity contribution in [2.45, 2.75) is 110 Å². The first-order chi connectivity index (χ1) is 38.9. The molecule has 0 radical (unpaired) electrons. The van der Waals surface area contributed by atoms with Crippen LogP contribution in [0.25, 0.3) is 66.9 Å². The number of imidazole rings is 2. The van der Waals surface area contributed by atoms with E-state index in [9.17, 15) is 19.2 Å². The normalized spacial score (nSPS) is 20.9. The van der Waals surface area contributed by atoms with Gasteiger partial charge < -0.3 is 63.4 Å². The number of aryl methyl sites for hydroxylation is 2. The van der Waals surface area contributed by atoms with Crippen LogP contribution in [0.2, 0.25) is 0 Å². The minimum Gasteiger partial charge on any atom is -0.494 e. The van der Waals surface area contributed by atoms with Crippen molar-refractivity contribution in [3.8, 4) is 34.5 Å². The molecule has 4 aliphatic heterocycles. The number of hydrogen-bond acceptors (Lipinski definition) is 12. The molecule has 0 spiro atoms. The van der Waals surface area contributed by atoms with Crippen LogP contribution in [0.1, 0.15) is 113 Å². The molecule has 0 aliphatic carbocycles. The summed E-state index contributed by atoms with van der Waals surface area (Å²) in [5.74, 6) is 1.84. The van der Waals surface area contributed by atoms with Crippen LogP contribution in [0.4, 0.5) is 21.0 Å². The summed E-state index contributed by atoms with van der Waals surface area (Å²) in [6, 6.07) is 21.4. The molecule has 8 heterocycles. The van der Waals surface area contributed by atoms with Gasteiger partial charge in [0.15, 0.2) is 11.6 Å². The zero-order valence-electron chi connectivity index (χ0n) is 49.1. The maximum atomic E-state index is 15.0. The van der Waals surface area contributed by atoms with Crippen molar-refractivity contribution in [2.75, 3.05) is 63.7 Å². The van der Waals surface area contributed by atoms with E-state index in [0.717, 1.165) is 62.3 Å². The Balaban J connectivity index is 0.889. The molecule has 20 nitrogen and oxygen atoms in total. The summed E-state index contributed by atoms with van der Waals surface area (Å²) in [4.78, 5) is 72.1. The highest BCUT2D eigenvalue weighted by Gasteiger charge is 2.39. The van der Waals surface area contributed by atoms with Gasteiger partial charge in [0.25, 0.3) is 11.8 Å². The van der Waals surface area contributed by atoms with Crippen molar-refractivity contribution in [3.63, 3.8) is 0 Å². The number of methoxy groups -OCH3 is 2. The van der Waals surface area contributed by atoms with Crippen LogP contribution < -0.4 is 30.7 Å². The van der Waals surface area contributed by atoms with Crippen molar-refractivity contribution < 1.29 is 38.1 Å². The topological polar surface area (TPSA) is 211 Å². The lowest BCUT2D eigenvalue weighted by Gasteiger charge is -2.38. The van der Waals surface area contributed by atoms with E-state index in [2.05, 4.69) is 80.6 Å². The molecule has 82 heavy (non-hydrogen) atoms. The van der Waals surface area contributed by atoms with Gasteiger partial charge in [0.2, 0.25) is 0 Å². The van der Waals surface area contributed by atoms with Crippen molar-refractivity contribution in [3.05, 3.63) is 83.4 Å². The van der Waals surface area contributed by atoms with E-state index in [-0.39, 0.29) is 47.8 Å². The number of aromatic nitrogens is 6. The van der Waals surface area contributed by atoms with Gasteiger partial charge in [-0.1, -0.05) is 19.1 Å². The van der Waals surface area contributed by atoms with Gasteiger partial charge in [-0.3, -0.25) is 14.5 Å². The maximum absolute atomic E-state index is 15.0. The number of fused-ring (bicyclic) bond motifs is 2. The number of rotatable bonds is 8. The summed E-state index contributed by atoms with van der Waals surface area (Å²) >= 11 is 0. The molecule has 4 aromatic heterocycles. The van der Waals surface area contributed by atoms with Crippen molar-refractivity contribution in [1.82, 2.24) is 43.4 Å². The van der Waals surface area contributed by atoms with Gasteiger partial charge >= 0.3 is 12.2 Å². The van der Waals surface area contributed by atoms with Crippen LogP contribution >= 0.6 is 0 Å². The molecule has 8 aromatic rings. The fourth-order valence-electron chi connectivity index (χ4n) is 13.1. The number of para-hydroxylation sites is 1. The van der Waals surface area contributed by atoms with Crippen molar-refractivity contribution >= 4 is 79.2 Å². The number of alkyl carbamates (subject to hydrolysis) is 1. The molecule has 0 saturated carbocycles. The average Bonchev–Trinajstić information content (AvgIpc) is 2.55. The van der Waals surface area contributed by atoms with Crippen LogP contribution in [-0.4, -0.2) is 139 Å². The molecule has 2 saturated heterocycles. The Morgan fingerprint density at radius 3 is 1.84 bits per heavy atom. The number of likely N-dealkylation sites (tertiary alicyclic amines) is 2. The van der Waals surface area contributed by atoms with E-state index in [1.165, 1.54) is 0 Å². The molecule has 2 fully saturated rings. The lowest BCUT2D eigenvalue weighted by molar-refractivity contribution is 0.0493. The molecule has 4 aliphatic rings. The standard InChI is InChI=1S/C62H74N12O8/c1-32-27-70(31-45(32)67-59(77)81-61(4,5)6)57(75)38-19-43-54(49(24-38)79-12)69(11)56(66-43)48-23-37-17-36(22-46-52(37)74(48)34(3)28-72(46)60(78)82-62(7,8)9)40-18-41(63)30-71(29-40)58(76)39-20-44-53(50(25-39)80-13)68(10)55(65-44)47-21-35-15-14-16-42-51(35)73(47)33(2)26-64-42/h14-17,19-25,32-34,40-41,45,64H,18,26-31,63H2,1-13H3,(H,67,77). The van der Waals surface area contributed by atoms with Gasteiger partial charge in [-0.15, -0.1) is 0 Å². The van der Waals surface area contributed by atoms with E-state index in [4.69, 9.17) is 34.6 Å². The third-order valence-corrected chi connectivity index (χ3v) is 16.7. The first kappa shape index (κ1) is 54.3. The molecule has 430 valence electrons. The zero-order valence-corrected chi connectivity index (χ0v) is 49.1. The molecular weight excluding hydrogens is 1040 g/mol. The van der Waals surface area contributed by atoms with Gasteiger partial charge in [0.1, 0.15) is 33.7 Å². The fourth-order valence-corrected chi connectivity index (χ4v) is 13.1. The summed E-state index contributed by atoms with van der Waals surface area (Å²) in [6.45, 7) is 19.9. The van der Waals surface area contributed by atoms with Gasteiger partial charge in [-0.05, 0) is 128 Å². The van der Waals surface area contributed by atoms with Crippen LogP contribution in [0.15, 0.2) is 66.7 Å². The fraction of sp³-hybridized carbons (Fsp3) is 0.452. The van der Waals surface area contributed by atoms with Gasteiger partial charge in [-0.2, -0.15) is 0 Å². The predicted octanol–water partition coefficient (Wildman–Crippen LogP) is 9.97. The number of nitrogens with one attached hydrogen (secondary N) is 2. The molecule has 20 heteroatoms. The summed E-state index contributed by atoms with van der Waals surface area (Å²) in [6.07, 6.45) is -0.378. The summed E-state index contributed by atoms with van der Waals surface area (Å²) in [7, 11) is 7.12. The molecule has 4 amide bonds. The number of carbonyl (C=O) groups is 4. The van der Waals surface area contributed by atoms with E-state index in [0.29, 0.717) is 89.8 Å². The van der Waals surface area contributed by atoms with Gasteiger partial charge in [0, 0.05) is 99.3 Å². The van der Waals surface area contributed by atoms with Gasteiger partial charge in [-0.25, -0.2) is 19.6 Å². The smallest absolute Gasteiger partial charge is 0.414 e. The number of piperidine rings is 1.